The minimum absolute atomic E-state index is 0.0211. The van der Waals surface area contributed by atoms with Crippen LogP contribution < -0.4 is 4.74 Å². The average Bonchev–Trinajstić information content (AvgIpc) is 2.46. The van der Waals surface area contributed by atoms with Gasteiger partial charge in [-0.25, -0.2) is 4.39 Å². The molecule has 0 saturated carbocycles. The Morgan fingerprint density at radius 3 is 2.32 bits per heavy atom. The Balaban J connectivity index is 1.93. The van der Waals surface area contributed by atoms with E-state index in [1.807, 2.05) is 6.07 Å². The molecule has 0 heterocycles. The first-order chi connectivity index (χ1) is 9.16. The molecule has 0 aliphatic heterocycles. The molecule has 0 radical (unpaired) electrons. The maximum Gasteiger partial charge on any atom is 0.269 e. The van der Waals surface area contributed by atoms with Gasteiger partial charge in [0.2, 0.25) is 0 Å². The van der Waals surface area contributed by atoms with Crippen LogP contribution in [0.4, 0.5) is 10.1 Å². The summed E-state index contributed by atoms with van der Waals surface area (Å²) in [6.45, 7) is -0.123. The zero-order chi connectivity index (χ0) is 13.7. The molecule has 4 nitrogen and oxygen atoms in total. The summed E-state index contributed by atoms with van der Waals surface area (Å²) in [4.78, 5) is 9.97. The van der Waals surface area contributed by atoms with Crippen molar-refractivity contribution in [3.63, 3.8) is 0 Å². The molecule has 0 aromatic heterocycles. The lowest BCUT2D eigenvalue weighted by atomic mass is 10.1. The molecule has 0 spiro atoms. The Morgan fingerprint density at radius 2 is 1.74 bits per heavy atom. The van der Waals surface area contributed by atoms with Crippen molar-refractivity contribution < 1.29 is 14.1 Å². The summed E-state index contributed by atoms with van der Waals surface area (Å²) in [6.07, 6.45) is -1.23. The first-order valence-corrected chi connectivity index (χ1v) is 5.73. The minimum atomic E-state index is -1.23. The van der Waals surface area contributed by atoms with Gasteiger partial charge in [-0.15, -0.1) is 0 Å². The first kappa shape index (κ1) is 13.0. The van der Waals surface area contributed by atoms with Gasteiger partial charge >= 0.3 is 0 Å². The highest BCUT2D eigenvalue weighted by atomic mass is 19.1. The molecule has 0 amide bonds. The average molecular weight is 261 g/mol. The predicted molar refractivity (Wildman–Crippen MR) is 68.9 cm³/mol. The number of nitrogens with zero attached hydrogens (tertiary/aromatic N) is 1. The third-order valence-corrected chi connectivity index (χ3v) is 2.61. The third-order valence-electron chi connectivity index (χ3n) is 2.61. The Morgan fingerprint density at radius 1 is 1.11 bits per heavy atom. The highest BCUT2D eigenvalue weighted by molar-refractivity contribution is 5.36. The van der Waals surface area contributed by atoms with E-state index in [0.717, 1.165) is 0 Å². The summed E-state index contributed by atoms with van der Waals surface area (Å²) in [5.41, 5.74) is 0.525. The summed E-state index contributed by atoms with van der Waals surface area (Å²) in [5.74, 6) is 0.407. The second-order valence-electron chi connectivity index (χ2n) is 3.94. The number of hydrogen-bond acceptors (Lipinski definition) is 3. The SMILES string of the molecule is O=[N+]([O-])c1ccc(OCC(F)c2ccccc2)cc1. The standard InChI is InChI=1S/C14H12FNO3/c15-14(11-4-2-1-3-5-11)10-19-13-8-6-12(7-9-13)16(17)18/h1-9,14H,10H2. The van der Waals surface area contributed by atoms with E-state index < -0.39 is 11.1 Å². The quantitative estimate of drug-likeness (QED) is 0.609. The number of nitro benzene ring substituents is 1. The summed E-state index contributed by atoms with van der Waals surface area (Å²) in [5, 5.41) is 10.5. The van der Waals surface area contributed by atoms with Crippen molar-refractivity contribution in [2.45, 2.75) is 6.17 Å². The maximum atomic E-state index is 13.8. The molecule has 0 saturated heterocycles. The van der Waals surface area contributed by atoms with Crippen molar-refractivity contribution in [3.05, 3.63) is 70.3 Å². The molecule has 0 bridgehead atoms. The highest BCUT2D eigenvalue weighted by Crippen LogP contribution is 2.21. The van der Waals surface area contributed by atoms with Gasteiger partial charge in [0, 0.05) is 12.1 Å². The fourth-order valence-corrected chi connectivity index (χ4v) is 1.59. The van der Waals surface area contributed by atoms with Crippen LogP contribution in [-0.2, 0) is 0 Å². The van der Waals surface area contributed by atoms with Crippen LogP contribution in [0.1, 0.15) is 11.7 Å². The zero-order valence-corrected chi connectivity index (χ0v) is 10.0. The zero-order valence-electron chi connectivity index (χ0n) is 10.0. The molecule has 0 fully saturated rings. The lowest BCUT2D eigenvalue weighted by Gasteiger charge is -2.10. The van der Waals surface area contributed by atoms with Gasteiger partial charge in [-0.3, -0.25) is 10.1 Å². The largest absolute Gasteiger partial charge is 0.490 e. The highest BCUT2D eigenvalue weighted by Gasteiger charge is 2.10. The van der Waals surface area contributed by atoms with Crippen LogP contribution in [0.5, 0.6) is 5.75 Å². The number of alkyl halides is 1. The monoisotopic (exact) mass is 261 g/mol. The van der Waals surface area contributed by atoms with Crippen molar-refractivity contribution in [1.29, 1.82) is 0 Å². The second-order valence-corrected chi connectivity index (χ2v) is 3.94. The van der Waals surface area contributed by atoms with E-state index in [1.165, 1.54) is 24.3 Å². The van der Waals surface area contributed by atoms with E-state index in [-0.39, 0.29) is 12.3 Å². The normalized spacial score (nSPS) is 11.8. The van der Waals surface area contributed by atoms with Crippen LogP contribution in [0, 0.1) is 10.1 Å². The van der Waals surface area contributed by atoms with E-state index >= 15 is 0 Å². The van der Waals surface area contributed by atoms with Crippen molar-refractivity contribution >= 4 is 5.69 Å². The smallest absolute Gasteiger partial charge is 0.269 e. The molecule has 0 aliphatic carbocycles. The Kier molecular flexibility index (Phi) is 4.07. The predicted octanol–water partition coefficient (Wildman–Crippen LogP) is 3.68. The van der Waals surface area contributed by atoms with Crippen LogP contribution in [0.2, 0.25) is 0 Å². The van der Waals surface area contributed by atoms with Gasteiger partial charge in [0.25, 0.3) is 5.69 Å². The van der Waals surface area contributed by atoms with Crippen molar-refractivity contribution in [3.8, 4) is 5.75 Å². The van der Waals surface area contributed by atoms with Gasteiger partial charge in [0.05, 0.1) is 4.92 Å². The van der Waals surface area contributed by atoms with Crippen LogP contribution in [0.3, 0.4) is 0 Å². The van der Waals surface area contributed by atoms with Crippen molar-refractivity contribution in [2.75, 3.05) is 6.61 Å². The van der Waals surface area contributed by atoms with E-state index in [9.17, 15) is 14.5 Å². The first-order valence-electron chi connectivity index (χ1n) is 5.73. The number of hydrogen-bond donors (Lipinski definition) is 0. The minimum Gasteiger partial charge on any atom is -0.490 e. The topological polar surface area (TPSA) is 52.4 Å². The molecule has 1 unspecified atom stereocenters. The molecule has 2 rings (SSSR count). The van der Waals surface area contributed by atoms with Crippen molar-refractivity contribution in [2.24, 2.45) is 0 Å². The number of ether oxygens (including phenoxy) is 1. The fraction of sp³-hybridized carbons (Fsp3) is 0.143. The number of non-ortho nitro benzene ring substituents is 1. The number of rotatable bonds is 5. The number of halogens is 1. The molecule has 1 atom stereocenters. The molecule has 2 aromatic carbocycles. The van der Waals surface area contributed by atoms with Crippen molar-refractivity contribution in [1.82, 2.24) is 0 Å². The van der Waals surface area contributed by atoms with E-state index in [0.29, 0.717) is 11.3 Å². The molecule has 0 N–H and O–H groups in total. The Bertz CT molecular complexity index is 542. The maximum absolute atomic E-state index is 13.8. The summed E-state index contributed by atoms with van der Waals surface area (Å²) in [6, 6.07) is 14.3. The van der Waals surface area contributed by atoms with Gasteiger partial charge in [0.15, 0.2) is 6.17 Å². The Hall–Kier alpha value is -2.43. The van der Waals surface area contributed by atoms with Gasteiger partial charge in [-0.1, -0.05) is 30.3 Å². The van der Waals surface area contributed by atoms with Gasteiger partial charge in [-0.2, -0.15) is 0 Å². The summed E-state index contributed by atoms with van der Waals surface area (Å²) < 4.78 is 19.1. The van der Waals surface area contributed by atoms with Gasteiger partial charge < -0.3 is 4.74 Å². The van der Waals surface area contributed by atoms with E-state index in [2.05, 4.69) is 0 Å². The molecule has 0 aliphatic rings. The molecule has 98 valence electrons. The second kappa shape index (κ2) is 5.95. The molecule has 2 aromatic rings. The van der Waals surface area contributed by atoms with E-state index in [1.54, 1.807) is 24.3 Å². The van der Waals surface area contributed by atoms with Crippen LogP contribution in [0.15, 0.2) is 54.6 Å². The molecule has 19 heavy (non-hydrogen) atoms. The van der Waals surface area contributed by atoms with Gasteiger partial charge in [0.1, 0.15) is 12.4 Å². The van der Waals surface area contributed by atoms with Gasteiger partial charge in [-0.05, 0) is 17.7 Å². The summed E-state index contributed by atoms with van der Waals surface area (Å²) >= 11 is 0. The van der Waals surface area contributed by atoms with E-state index in [4.69, 9.17) is 4.74 Å². The fourth-order valence-electron chi connectivity index (χ4n) is 1.59. The lowest BCUT2D eigenvalue weighted by molar-refractivity contribution is -0.384. The molecular weight excluding hydrogens is 249 g/mol. The lowest BCUT2D eigenvalue weighted by Crippen LogP contribution is -2.05. The molecular formula is C14H12FNO3. The summed E-state index contributed by atoms with van der Waals surface area (Å²) in [7, 11) is 0. The Labute approximate surface area is 109 Å². The van der Waals surface area contributed by atoms with Crippen LogP contribution in [0.25, 0.3) is 0 Å². The third kappa shape index (κ3) is 3.51. The van der Waals surface area contributed by atoms with Crippen LogP contribution >= 0.6 is 0 Å². The number of benzene rings is 2. The number of nitro groups is 1. The molecule has 5 heteroatoms. The van der Waals surface area contributed by atoms with Crippen LogP contribution in [-0.4, -0.2) is 11.5 Å².